The van der Waals surface area contributed by atoms with E-state index in [0.717, 1.165) is 50.3 Å². The first kappa shape index (κ1) is 15.0. The number of hydrogen-bond acceptors (Lipinski definition) is 3. The van der Waals surface area contributed by atoms with Crippen LogP contribution in [-0.4, -0.2) is 58.1 Å². The van der Waals surface area contributed by atoms with Gasteiger partial charge in [-0.1, -0.05) is 20.8 Å². The number of aryl methyl sites for hydroxylation is 1. The molecular formula is C15H26N4O. The predicted octanol–water partition coefficient (Wildman–Crippen LogP) is 1.84. The Balaban J connectivity index is 2.06. The van der Waals surface area contributed by atoms with Gasteiger partial charge in [0.1, 0.15) is 0 Å². The van der Waals surface area contributed by atoms with E-state index in [1.54, 1.807) is 0 Å². The molecule has 0 spiro atoms. The first-order chi connectivity index (χ1) is 9.62. The summed E-state index contributed by atoms with van der Waals surface area (Å²) >= 11 is 0. The third-order valence-electron chi connectivity index (χ3n) is 4.45. The second-order valence-electron chi connectivity index (χ2n) is 5.44. The monoisotopic (exact) mass is 278 g/mol. The van der Waals surface area contributed by atoms with Crippen LogP contribution in [0.15, 0.2) is 0 Å². The van der Waals surface area contributed by atoms with Crippen LogP contribution < -0.4 is 0 Å². The summed E-state index contributed by atoms with van der Waals surface area (Å²) in [6, 6.07) is 0.499. The average Bonchev–Trinajstić information content (AvgIpc) is 3.06. The van der Waals surface area contributed by atoms with E-state index in [-0.39, 0.29) is 5.91 Å². The summed E-state index contributed by atoms with van der Waals surface area (Å²) in [7, 11) is 0. The van der Waals surface area contributed by atoms with Crippen LogP contribution in [-0.2, 0) is 6.42 Å². The van der Waals surface area contributed by atoms with E-state index in [2.05, 4.69) is 35.9 Å². The Morgan fingerprint density at radius 1 is 1.40 bits per heavy atom. The van der Waals surface area contributed by atoms with Crippen LogP contribution in [0.5, 0.6) is 0 Å². The van der Waals surface area contributed by atoms with Crippen LogP contribution in [0, 0.1) is 6.92 Å². The molecule has 1 aliphatic rings. The molecule has 1 atom stereocenters. The number of nitrogens with one attached hydrogen (secondary N) is 1. The van der Waals surface area contributed by atoms with Crippen molar-refractivity contribution in [2.75, 3.05) is 26.2 Å². The summed E-state index contributed by atoms with van der Waals surface area (Å²) in [4.78, 5) is 16.9. The van der Waals surface area contributed by atoms with Gasteiger partial charge >= 0.3 is 0 Å². The smallest absolute Gasteiger partial charge is 0.274 e. The highest BCUT2D eigenvalue weighted by Crippen LogP contribution is 2.19. The molecule has 1 aromatic heterocycles. The number of aromatic amines is 1. The van der Waals surface area contributed by atoms with Crippen LogP contribution in [0.2, 0.25) is 0 Å². The van der Waals surface area contributed by atoms with Gasteiger partial charge in [-0.2, -0.15) is 5.10 Å². The third-order valence-corrected chi connectivity index (χ3v) is 4.45. The van der Waals surface area contributed by atoms with Gasteiger partial charge < -0.3 is 4.90 Å². The number of H-pyrrole nitrogens is 1. The van der Waals surface area contributed by atoms with E-state index in [9.17, 15) is 4.79 Å². The van der Waals surface area contributed by atoms with Crippen molar-refractivity contribution in [2.45, 2.75) is 46.6 Å². The molecule has 0 radical (unpaired) electrons. The van der Waals surface area contributed by atoms with Gasteiger partial charge in [-0.05, 0) is 32.9 Å². The zero-order chi connectivity index (χ0) is 14.7. The molecule has 0 saturated carbocycles. The molecule has 112 valence electrons. The zero-order valence-corrected chi connectivity index (χ0v) is 13.1. The maximum absolute atomic E-state index is 12.6. The quantitative estimate of drug-likeness (QED) is 0.894. The van der Waals surface area contributed by atoms with Gasteiger partial charge in [0.2, 0.25) is 0 Å². The van der Waals surface area contributed by atoms with E-state index in [1.807, 2.05) is 11.8 Å². The number of likely N-dealkylation sites (tertiary alicyclic amines) is 1. The van der Waals surface area contributed by atoms with Crippen molar-refractivity contribution in [3.05, 3.63) is 17.0 Å². The second-order valence-corrected chi connectivity index (χ2v) is 5.44. The van der Waals surface area contributed by atoms with E-state index < -0.39 is 0 Å². The van der Waals surface area contributed by atoms with E-state index in [1.165, 1.54) is 0 Å². The summed E-state index contributed by atoms with van der Waals surface area (Å²) in [5.41, 5.74) is 2.67. The average molecular weight is 278 g/mol. The highest BCUT2D eigenvalue weighted by molar-refractivity contribution is 5.94. The molecule has 1 aliphatic heterocycles. The molecule has 1 aromatic rings. The number of carbonyl (C=O) groups excluding carboxylic acids is 1. The van der Waals surface area contributed by atoms with Crippen LogP contribution >= 0.6 is 0 Å². The minimum absolute atomic E-state index is 0.0770. The minimum Gasteiger partial charge on any atom is -0.336 e. The Kier molecular flexibility index (Phi) is 4.81. The molecule has 1 fully saturated rings. The van der Waals surface area contributed by atoms with Crippen LogP contribution in [0.25, 0.3) is 0 Å². The lowest BCUT2D eigenvalue weighted by Gasteiger charge is -2.26. The predicted molar refractivity (Wildman–Crippen MR) is 79.9 cm³/mol. The highest BCUT2D eigenvalue weighted by Gasteiger charge is 2.31. The molecule has 0 aromatic carbocycles. The van der Waals surface area contributed by atoms with Crippen LogP contribution in [0.1, 0.15) is 48.9 Å². The van der Waals surface area contributed by atoms with E-state index in [0.29, 0.717) is 11.7 Å². The number of carbonyl (C=O) groups is 1. The summed E-state index contributed by atoms with van der Waals surface area (Å²) in [6.07, 6.45) is 1.95. The molecule has 1 amide bonds. The fourth-order valence-electron chi connectivity index (χ4n) is 3.10. The number of rotatable bonds is 5. The Bertz CT molecular complexity index is 464. The number of hydrogen-bond donors (Lipinski definition) is 1. The fourth-order valence-corrected chi connectivity index (χ4v) is 3.10. The molecule has 5 heteroatoms. The fraction of sp³-hybridized carbons (Fsp3) is 0.733. The number of aromatic nitrogens is 2. The molecule has 1 saturated heterocycles. The minimum atomic E-state index is 0.0770. The standard InChI is InChI=1S/C15H26N4O/c1-5-13-11(4)14(17-16-13)15(20)19-9-8-12(10-19)18(6-2)7-3/h12H,5-10H2,1-4H3,(H,16,17)/t12-/m1/s1. The van der Waals surface area contributed by atoms with Gasteiger partial charge in [-0.15, -0.1) is 0 Å². The summed E-state index contributed by atoms with van der Waals surface area (Å²) < 4.78 is 0. The summed E-state index contributed by atoms with van der Waals surface area (Å²) in [6.45, 7) is 12.2. The lowest BCUT2D eigenvalue weighted by atomic mass is 10.1. The molecule has 2 rings (SSSR count). The zero-order valence-electron chi connectivity index (χ0n) is 13.1. The first-order valence-electron chi connectivity index (χ1n) is 7.69. The molecular weight excluding hydrogens is 252 g/mol. The van der Waals surface area contributed by atoms with E-state index in [4.69, 9.17) is 0 Å². The van der Waals surface area contributed by atoms with Crippen molar-refractivity contribution in [2.24, 2.45) is 0 Å². The van der Waals surface area contributed by atoms with Crippen molar-refractivity contribution in [1.29, 1.82) is 0 Å². The lowest BCUT2D eigenvalue weighted by molar-refractivity contribution is 0.0771. The lowest BCUT2D eigenvalue weighted by Crippen LogP contribution is -2.38. The van der Waals surface area contributed by atoms with Crippen molar-refractivity contribution >= 4 is 5.91 Å². The molecule has 1 N–H and O–H groups in total. The Morgan fingerprint density at radius 3 is 2.65 bits per heavy atom. The number of nitrogens with zero attached hydrogens (tertiary/aromatic N) is 3. The van der Waals surface area contributed by atoms with Crippen LogP contribution in [0.4, 0.5) is 0 Å². The Hall–Kier alpha value is -1.36. The van der Waals surface area contributed by atoms with Crippen molar-refractivity contribution < 1.29 is 4.79 Å². The number of likely N-dealkylation sites (N-methyl/N-ethyl adjacent to an activating group) is 1. The molecule has 2 heterocycles. The maximum atomic E-state index is 12.6. The molecule has 20 heavy (non-hydrogen) atoms. The largest absolute Gasteiger partial charge is 0.336 e. The number of amides is 1. The van der Waals surface area contributed by atoms with Gasteiger partial charge in [0.05, 0.1) is 0 Å². The summed E-state index contributed by atoms with van der Waals surface area (Å²) in [5.74, 6) is 0.0770. The summed E-state index contributed by atoms with van der Waals surface area (Å²) in [5, 5.41) is 7.19. The van der Waals surface area contributed by atoms with Gasteiger partial charge in [0, 0.05) is 30.4 Å². The van der Waals surface area contributed by atoms with Crippen LogP contribution in [0.3, 0.4) is 0 Å². The highest BCUT2D eigenvalue weighted by atomic mass is 16.2. The third kappa shape index (κ3) is 2.73. The Labute approximate surface area is 121 Å². The van der Waals surface area contributed by atoms with Crippen molar-refractivity contribution in [3.8, 4) is 0 Å². The Morgan fingerprint density at radius 2 is 2.10 bits per heavy atom. The van der Waals surface area contributed by atoms with Gasteiger partial charge in [0.25, 0.3) is 5.91 Å². The van der Waals surface area contributed by atoms with Gasteiger partial charge in [-0.3, -0.25) is 14.8 Å². The maximum Gasteiger partial charge on any atom is 0.274 e. The van der Waals surface area contributed by atoms with Crippen molar-refractivity contribution in [3.63, 3.8) is 0 Å². The van der Waals surface area contributed by atoms with E-state index >= 15 is 0 Å². The second kappa shape index (κ2) is 6.39. The van der Waals surface area contributed by atoms with Gasteiger partial charge in [-0.25, -0.2) is 0 Å². The molecule has 0 bridgehead atoms. The van der Waals surface area contributed by atoms with Gasteiger partial charge in [0.15, 0.2) is 5.69 Å². The molecule has 0 aliphatic carbocycles. The SMILES string of the molecule is CCc1[nH]nc(C(=O)N2CC[C@@H](N(CC)CC)C2)c1C. The first-order valence-corrected chi connectivity index (χ1v) is 7.69. The normalized spacial score (nSPS) is 19.1. The van der Waals surface area contributed by atoms with Crippen molar-refractivity contribution in [1.82, 2.24) is 20.0 Å². The topological polar surface area (TPSA) is 52.2 Å². The molecule has 0 unspecified atom stereocenters. The molecule has 5 nitrogen and oxygen atoms in total.